The van der Waals surface area contributed by atoms with Crippen LogP contribution in [0.4, 0.5) is 10.1 Å². The van der Waals surface area contributed by atoms with Crippen LogP contribution >= 0.6 is 11.8 Å². The lowest BCUT2D eigenvalue weighted by Gasteiger charge is -2.12. The Hall–Kier alpha value is -3.53. The number of aryl methyl sites for hydroxylation is 3. The van der Waals surface area contributed by atoms with Crippen LogP contribution in [0.15, 0.2) is 46.1 Å². The fraction of sp³-hybridized carbons (Fsp3) is 0.227. The summed E-state index contributed by atoms with van der Waals surface area (Å²) in [5, 5.41) is 15.7. The first-order valence-corrected chi connectivity index (χ1v) is 10.8. The SMILES string of the molecule is Cc1cc(C)c(NC(=O)CSc2nnc(-c3nc(-c4ccc(F)cc4)no3)n2C)c(C)c1. The molecule has 2 aromatic carbocycles. The Morgan fingerprint density at radius 3 is 2.50 bits per heavy atom. The first-order chi connectivity index (χ1) is 15.3. The molecule has 164 valence electrons. The second-order valence-corrected chi connectivity index (χ2v) is 8.35. The number of anilines is 1. The number of aromatic nitrogens is 5. The molecule has 2 aromatic heterocycles. The van der Waals surface area contributed by atoms with Crippen LogP contribution in [0, 0.1) is 26.6 Å². The predicted octanol–water partition coefficient (Wildman–Crippen LogP) is 4.33. The number of nitrogens with zero attached hydrogens (tertiary/aromatic N) is 5. The molecule has 0 atom stereocenters. The molecular weight excluding hydrogens is 431 g/mol. The Balaban J connectivity index is 1.44. The summed E-state index contributed by atoms with van der Waals surface area (Å²) in [6.07, 6.45) is 0. The van der Waals surface area contributed by atoms with Crippen LogP contribution in [0.5, 0.6) is 0 Å². The molecule has 1 N–H and O–H groups in total. The molecule has 0 radical (unpaired) electrons. The largest absolute Gasteiger partial charge is 0.330 e. The van der Waals surface area contributed by atoms with E-state index >= 15 is 0 Å². The van der Waals surface area contributed by atoms with Gasteiger partial charge >= 0.3 is 0 Å². The molecule has 0 fully saturated rings. The highest BCUT2D eigenvalue weighted by Gasteiger charge is 2.19. The van der Waals surface area contributed by atoms with Gasteiger partial charge in [-0.25, -0.2) is 4.39 Å². The smallest absolute Gasteiger partial charge is 0.296 e. The van der Waals surface area contributed by atoms with Crippen molar-refractivity contribution in [1.82, 2.24) is 24.9 Å². The van der Waals surface area contributed by atoms with Crippen LogP contribution in [0.3, 0.4) is 0 Å². The Labute approximate surface area is 188 Å². The maximum absolute atomic E-state index is 13.1. The molecule has 4 aromatic rings. The molecule has 10 heteroatoms. The summed E-state index contributed by atoms with van der Waals surface area (Å²) in [5.41, 5.74) is 4.66. The maximum atomic E-state index is 13.1. The van der Waals surface area contributed by atoms with E-state index in [-0.39, 0.29) is 23.4 Å². The van der Waals surface area contributed by atoms with Gasteiger partial charge in [0.1, 0.15) is 5.82 Å². The third-order valence-corrected chi connectivity index (χ3v) is 5.85. The average Bonchev–Trinajstić information content (AvgIpc) is 3.36. The van der Waals surface area contributed by atoms with Crippen LogP contribution < -0.4 is 5.32 Å². The highest BCUT2D eigenvalue weighted by molar-refractivity contribution is 7.99. The van der Waals surface area contributed by atoms with E-state index < -0.39 is 0 Å². The molecule has 0 saturated heterocycles. The van der Waals surface area contributed by atoms with E-state index in [0.29, 0.717) is 22.4 Å². The number of carbonyl (C=O) groups is 1. The summed E-state index contributed by atoms with van der Waals surface area (Å²) in [5.74, 6) is 0.569. The monoisotopic (exact) mass is 452 g/mol. The number of amides is 1. The van der Waals surface area contributed by atoms with Gasteiger partial charge in [0, 0.05) is 18.3 Å². The van der Waals surface area contributed by atoms with E-state index in [0.717, 1.165) is 22.4 Å². The lowest BCUT2D eigenvalue weighted by atomic mass is 10.1. The molecule has 0 spiro atoms. The third-order valence-electron chi connectivity index (χ3n) is 4.83. The molecular formula is C22H21FN6O2S. The number of halogens is 1. The second-order valence-electron chi connectivity index (χ2n) is 7.41. The van der Waals surface area contributed by atoms with Crippen molar-refractivity contribution in [3.63, 3.8) is 0 Å². The van der Waals surface area contributed by atoms with Gasteiger partial charge in [0.05, 0.1) is 5.75 Å². The lowest BCUT2D eigenvalue weighted by molar-refractivity contribution is -0.113. The molecule has 0 aliphatic heterocycles. The van der Waals surface area contributed by atoms with Gasteiger partial charge in [0.2, 0.25) is 17.6 Å². The van der Waals surface area contributed by atoms with Crippen LogP contribution in [-0.4, -0.2) is 36.6 Å². The van der Waals surface area contributed by atoms with Gasteiger partial charge in [-0.15, -0.1) is 10.2 Å². The number of nitrogens with one attached hydrogen (secondary N) is 1. The zero-order valence-electron chi connectivity index (χ0n) is 18.0. The van der Waals surface area contributed by atoms with Gasteiger partial charge < -0.3 is 14.4 Å². The van der Waals surface area contributed by atoms with Crippen molar-refractivity contribution in [3.05, 3.63) is 58.9 Å². The molecule has 0 bridgehead atoms. The normalized spacial score (nSPS) is 11.0. The molecule has 32 heavy (non-hydrogen) atoms. The van der Waals surface area contributed by atoms with Gasteiger partial charge in [0.25, 0.3) is 5.89 Å². The molecule has 0 saturated carbocycles. The third kappa shape index (κ3) is 4.54. The first-order valence-electron chi connectivity index (χ1n) is 9.81. The minimum absolute atomic E-state index is 0.133. The van der Waals surface area contributed by atoms with Crippen molar-refractivity contribution < 1.29 is 13.7 Å². The number of hydrogen-bond donors (Lipinski definition) is 1. The Bertz CT molecular complexity index is 1260. The lowest BCUT2D eigenvalue weighted by Crippen LogP contribution is -2.16. The van der Waals surface area contributed by atoms with E-state index in [1.165, 1.54) is 23.9 Å². The predicted molar refractivity (Wildman–Crippen MR) is 120 cm³/mol. The van der Waals surface area contributed by atoms with Crippen molar-refractivity contribution in [2.24, 2.45) is 7.05 Å². The summed E-state index contributed by atoms with van der Waals surface area (Å²) in [6.45, 7) is 5.98. The summed E-state index contributed by atoms with van der Waals surface area (Å²) >= 11 is 1.26. The molecule has 4 rings (SSSR count). The van der Waals surface area contributed by atoms with Crippen LogP contribution in [0.2, 0.25) is 0 Å². The minimum atomic E-state index is -0.343. The summed E-state index contributed by atoms with van der Waals surface area (Å²) in [6, 6.07) is 9.86. The molecule has 0 unspecified atom stereocenters. The van der Waals surface area contributed by atoms with E-state index in [1.54, 1.807) is 23.7 Å². The Morgan fingerprint density at radius 2 is 1.81 bits per heavy atom. The van der Waals surface area contributed by atoms with Crippen molar-refractivity contribution in [2.75, 3.05) is 11.1 Å². The summed E-state index contributed by atoms with van der Waals surface area (Å²) in [7, 11) is 1.76. The van der Waals surface area contributed by atoms with E-state index in [2.05, 4.69) is 25.7 Å². The van der Waals surface area contributed by atoms with Gasteiger partial charge in [-0.1, -0.05) is 34.6 Å². The zero-order valence-corrected chi connectivity index (χ0v) is 18.8. The number of hydrogen-bond acceptors (Lipinski definition) is 7. The first kappa shape index (κ1) is 21.7. The number of carbonyl (C=O) groups excluding carboxylic acids is 1. The molecule has 0 aliphatic carbocycles. The topological polar surface area (TPSA) is 98.7 Å². The highest BCUT2D eigenvalue weighted by Crippen LogP contribution is 2.25. The number of thioether (sulfide) groups is 1. The fourth-order valence-electron chi connectivity index (χ4n) is 3.34. The van der Waals surface area contributed by atoms with Gasteiger partial charge in [-0.3, -0.25) is 4.79 Å². The number of benzene rings is 2. The van der Waals surface area contributed by atoms with Crippen LogP contribution in [-0.2, 0) is 11.8 Å². The fourth-order valence-corrected chi connectivity index (χ4v) is 4.05. The van der Waals surface area contributed by atoms with Crippen molar-refractivity contribution in [2.45, 2.75) is 25.9 Å². The standard InChI is InChI=1S/C22H21FN6O2S/c1-12-9-13(2)18(14(3)10-12)24-17(30)11-32-22-27-26-20(29(22)4)21-25-19(28-31-21)15-5-7-16(23)8-6-15/h5-10H,11H2,1-4H3,(H,24,30). The van der Waals surface area contributed by atoms with Gasteiger partial charge in [0.15, 0.2) is 5.16 Å². The van der Waals surface area contributed by atoms with Gasteiger partial charge in [-0.2, -0.15) is 4.98 Å². The minimum Gasteiger partial charge on any atom is -0.330 e. The average molecular weight is 453 g/mol. The Kier molecular flexibility index (Phi) is 6.04. The summed E-state index contributed by atoms with van der Waals surface area (Å²) in [4.78, 5) is 16.8. The van der Waals surface area contributed by atoms with Crippen molar-refractivity contribution in [1.29, 1.82) is 0 Å². The van der Waals surface area contributed by atoms with Crippen LogP contribution in [0.1, 0.15) is 16.7 Å². The molecule has 8 nitrogen and oxygen atoms in total. The molecule has 0 aliphatic rings. The van der Waals surface area contributed by atoms with E-state index in [4.69, 9.17) is 4.52 Å². The van der Waals surface area contributed by atoms with Gasteiger partial charge in [-0.05, 0) is 56.2 Å². The molecule has 1 amide bonds. The summed E-state index contributed by atoms with van der Waals surface area (Å²) < 4.78 is 20.1. The van der Waals surface area contributed by atoms with E-state index in [9.17, 15) is 9.18 Å². The van der Waals surface area contributed by atoms with Crippen molar-refractivity contribution in [3.8, 4) is 23.1 Å². The number of rotatable bonds is 6. The quantitative estimate of drug-likeness (QED) is 0.435. The highest BCUT2D eigenvalue weighted by atomic mass is 32.2. The van der Waals surface area contributed by atoms with Crippen LogP contribution in [0.25, 0.3) is 23.1 Å². The Morgan fingerprint density at radius 1 is 1.12 bits per heavy atom. The molecule has 2 heterocycles. The zero-order chi connectivity index (χ0) is 22.8. The van der Waals surface area contributed by atoms with E-state index in [1.807, 2.05) is 32.9 Å². The second kappa shape index (κ2) is 8.91. The van der Waals surface area contributed by atoms with Crippen molar-refractivity contribution >= 4 is 23.4 Å². The maximum Gasteiger partial charge on any atom is 0.296 e.